The van der Waals surface area contributed by atoms with Gasteiger partial charge in [-0.25, -0.2) is 4.79 Å². The first-order valence-electron chi connectivity index (χ1n) is 12.3. The lowest BCUT2D eigenvalue weighted by Gasteiger charge is -2.35. The van der Waals surface area contributed by atoms with Crippen LogP contribution in [0.3, 0.4) is 0 Å². The molecule has 3 heterocycles. The Balaban J connectivity index is 1.36. The van der Waals surface area contributed by atoms with Crippen LogP contribution in [0.4, 0.5) is 10.6 Å². The number of carbonyl (C=O) groups excluding carboxylic acids is 1. The zero-order chi connectivity index (χ0) is 25.9. The van der Waals surface area contributed by atoms with E-state index in [1.165, 1.54) is 5.56 Å². The fourth-order valence-electron chi connectivity index (χ4n) is 4.57. The fraction of sp³-hybridized carbons (Fsp3) is 0.333. The summed E-state index contributed by atoms with van der Waals surface area (Å²) in [4.78, 5) is 18.5. The average Bonchev–Trinajstić information content (AvgIpc) is 3.47. The normalized spacial score (nSPS) is 15.1. The van der Waals surface area contributed by atoms with Crippen molar-refractivity contribution in [3.63, 3.8) is 0 Å². The molecule has 0 aliphatic carbocycles. The number of aromatic amines is 2. The van der Waals surface area contributed by atoms with Gasteiger partial charge in [-0.1, -0.05) is 37.6 Å². The topological polar surface area (TPSA) is 118 Å². The van der Waals surface area contributed by atoms with Crippen LogP contribution in [0.5, 0.6) is 11.6 Å². The minimum Gasteiger partial charge on any atom is -0.490 e. The van der Waals surface area contributed by atoms with E-state index in [4.69, 9.17) is 31.5 Å². The zero-order valence-electron chi connectivity index (χ0n) is 20.8. The number of nitrogens with two attached hydrogens (primary N) is 1. The molecule has 5 rings (SSSR count). The molecule has 0 fully saturated rings. The van der Waals surface area contributed by atoms with Crippen LogP contribution in [-0.2, 0) is 11.2 Å². The molecule has 2 aromatic heterocycles. The molecular weight excluding hydrogens is 494 g/mol. The smallest absolute Gasteiger partial charge is 0.410 e. The second-order valence-electron chi connectivity index (χ2n) is 9.45. The van der Waals surface area contributed by atoms with Crippen molar-refractivity contribution >= 4 is 34.4 Å². The van der Waals surface area contributed by atoms with Gasteiger partial charge < -0.3 is 24.9 Å². The Labute approximate surface area is 219 Å². The zero-order valence-corrected chi connectivity index (χ0v) is 21.5. The lowest BCUT2D eigenvalue weighted by Crippen LogP contribution is -2.41. The second kappa shape index (κ2) is 10.6. The van der Waals surface area contributed by atoms with Gasteiger partial charge in [0.1, 0.15) is 30.8 Å². The Hall–Kier alpha value is -3.85. The number of nitrogens with zero attached hydrogens (tertiary/aromatic N) is 2. The third-order valence-electron chi connectivity index (χ3n) is 6.24. The van der Waals surface area contributed by atoms with Gasteiger partial charge in [0.25, 0.3) is 0 Å². The van der Waals surface area contributed by atoms with E-state index in [0.717, 1.165) is 22.2 Å². The predicted octanol–water partition coefficient (Wildman–Crippen LogP) is 5.32. The van der Waals surface area contributed by atoms with Gasteiger partial charge in [-0.15, -0.1) is 5.10 Å². The number of halogens is 1. The number of benzene rings is 2. The first-order valence-corrected chi connectivity index (χ1v) is 12.7. The molecule has 4 N–H and O–H groups in total. The molecule has 4 aromatic rings. The molecule has 1 amide bonds. The average molecular weight is 524 g/mol. The van der Waals surface area contributed by atoms with E-state index >= 15 is 0 Å². The lowest BCUT2D eigenvalue weighted by molar-refractivity contribution is 0.0797. The number of hydrogen-bond acceptors (Lipinski definition) is 6. The van der Waals surface area contributed by atoms with Gasteiger partial charge in [0, 0.05) is 34.2 Å². The van der Waals surface area contributed by atoms with Crippen molar-refractivity contribution < 1.29 is 19.0 Å². The Morgan fingerprint density at radius 3 is 2.68 bits per heavy atom. The van der Waals surface area contributed by atoms with Crippen LogP contribution in [0.1, 0.15) is 36.7 Å². The summed E-state index contributed by atoms with van der Waals surface area (Å²) in [6.45, 7) is 5.63. The Bertz CT molecular complexity index is 1380. The minimum atomic E-state index is -0.322. The number of hydrogen-bond donors (Lipinski definition) is 3. The van der Waals surface area contributed by atoms with Gasteiger partial charge in [-0.3, -0.25) is 10.00 Å². The Morgan fingerprint density at radius 1 is 1.16 bits per heavy atom. The van der Waals surface area contributed by atoms with Crippen molar-refractivity contribution in [1.29, 1.82) is 0 Å². The fourth-order valence-corrected chi connectivity index (χ4v) is 4.74. The van der Waals surface area contributed by atoms with Crippen LogP contribution in [0, 0.1) is 5.92 Å². The molecule has 0 radical (unpaired) electrons. The molecule has 194 valence electrons. The summed E-state index contributed by atoms with van der Waals surface area (Å²) < 4.78 is 17.0. The molecule has 0 spiro atoms. The summed E-state index contributed by atoms with van der Waals surface area (Å²) in [5.74, 6) is 1.82. The Morgan fingerprint density at radius 2 is 1.95 bits per heavy atom. The van der Waals surface area contributed by atoms with Crippen molar-refractivity contribution in [2.75, 3.05) is 32.1 Å². The first kappa shape index (κ1) is 24.8. The number of rotatable bonds is 8. The molecule has 37 heavy (non-hydrogen) atoms. The minimum absolute atomic E-state index is 0.253. The summed E-state index contributed by atoms with van der Waals surface area (Å²) in [7, 11) is 0. The summed E-state index contributed by atoms with van der Waals surface area (Å²) in [5, 5.41) is 8.32. The van der Waals surface area contributed by atoms with Crippen molar-refractivity contribution in [3.05, 3.63) is 70.4 Å². The van der Waals surface area contributed by atoms with Crippen LogP contribution in [0.15, 0.2) is 48.5 Å². The number of fused-ring (bicyclic) bond motifs is 3. The number of anilines is 1. The van der Waals surface area contributed by atoms with E-state index < -0.39 is 0 Å². The molecule has 0 saturated heterocycles. The Kier molecular flexibility index (Phi) is 7.14. The quantitative estimate of drug-likeness (QED) is 0.269. The van der Waals surface area contributed by atoms with Crippen molar-refractivity contribution in [2.45, 2.75) is 26.3 Å². The number of ether oxygens (including phenoxy) is 3. The van der Waals surface area contributed by atoms with Crippen molar-refractivity contribution in [2.24, 2.45) is 5.92 Å². The summed E-state index contributed by atoms with van der Waals surface area (Å²) >= 11 is 6.30. The summed E-state index contributed by atoms with van der Waals surface area (Å²) in [6.07, 6.45) is 0.392. The van der Waals surface area contributed by atoms with Crippen LogP contribution in [0.2, 0.25) is 5.02 Å². The largest absolute Gasteiger partial charge is 0.490 e. The highest BCUT2D eigenvalue weighted by molar-refractivity contribution is 6.31. The lowest BCUT2D eigenvalue weighted by atomic mass is 9.92. The highest BCUT2D eigenvalue weighted by atomic mass is 35.5. The molecule has 0 bridgehead atoms. The summed E-state index contributed by atoms with van der Waals surface area (Å²) in [6, 6.07) is 14.9. The van der Waals surface area contributed by atoms with E-state index in [-0.39, 0.29) is 18.1 Å². The van der Waals surface area contributed by atoms with Gasteiger partial charge >= 0.3 is 6.09 Å². The molecule has 1 unspecified atom stereocenters. The number of nitrogen functional groups attached to an aromatic ring is 1. The van der Waals surface area contributed by atoms with E-state index in [9.17, 15) is 4.79 Å². The molecule has 1 atom stereocenters. The van der Waals surface area contributed by atoms with E-state index in [1.807, 2.05) is 56.3 Å². The monoisotopic (exact) mass is 523 g/mol. The van der Waals surface area contributed by atoms with Crippen LogP contribution in [0.25, 0.3) is 10.9 Å². The molecular formula is C27H30ClN5O4. The number of aromatic nitrogens is 3. The number of nitrogens with one attached hydrogen (secondary N) is 2. The molecule has 1 aliphatic heterocycles. The first-order chi connectivity index (χ1) is 17.9. The van der Waals surface area contributed by atoms with Gasteiger partial charge in [0.2, 0.25) is 5.88 Å². The predicted molar refractivity (Wildman–Crippen MR) is 142 cm³/mol. The molecule has 9 nitrogen and oxygen atoms in total. The second-order valence-corrected chi connectivity index (χ2v) is 9.89. The maximum Gasteiger partial charge on any atom is 0.410 e. The summed E-state index contributed by atoms with van der Waals surface area (Å²) in [5.41, 5.74) is 9.70. The number of amides is 1. The maximum atomic E-state index is 13.1. The van der Waals surface area contributed by atoms with Crippen LogP contribution >= 0.6 is 11.6 Å². The number of H-pyrrole nitrogens is 2. The van der Waals surface area contributed by atoms with Crippen molar-refractivity contribution in [1.82, 2.24) is 20.1 Å². The van der Waals surface area contributed by atoms with E-state index in [0.29, 0.717) is 55.3 Å². The molecule has 2 aromatic carbocycles. The van der Waals surface area contributed by atoms with Gasteiger partial charge in [0.05, 0.1) is 6.61 Å². The van der Waals surface area contributed by atoms with Gasteiger partial charge in [-0.2, -0.15) is 0 Å². The van der Waals surface area contributed by atoms with Gasteiger partial charge in [-0.05, 0) is 53.8 Å². The van der Waals surface area contributed by atoms with Crippen LogP contribution in [-0.4, -0.2) is 52.5 Å². The van der Waals surface area contributed by atoms with E-state index in [2.05, 4.69) is 15.2 Å². The SMILES string of the molecule is CC(C)COC(=O)N1CCc2c([nH]c3ccc(Cl)cc23)C1c1ccc(OCCOc2cc(N)[nH]n2)cc1. The highest BCUT2D eigenvalue weighted by Crippen LogP contribution is 2.39. The van der Waals surface area contributed by atoms with Crippen LogP contribution < -0.4 is 15.2 Å². The standard InChI is InChI=1S/C27H30ClN5O4/c1-16(2)15-37-27(34)33-10-9-20-21-13-18(28)5-8-22(21)30-25(20)26(33)17-3-6-19(7-4-17)35-11-12-36-24-14-23(29)31-32-24/h3-8,13-14,16,26,30H,9-12,15H2,1-2H3,(H3,29,31,32). The molecule has 10 heteroatoms. The highest BCUT2D eigenvalue weighted by Gasteiger charge is 2.35. The maximum absolute atomic E-state index is 13.1. The third kappa shape index (κ3) is 5.46. The number of carbonyl (C=O) groups is 1. The van der Waals surface area contributed by atoms with Gasteiger partial charge in [0.15, 0.2) is 0 Å². The molecule has 1 aliphatic rings. The van der Waals surface area contributed by atoms with E-state index in [1.54, 1.807) is 11.0 Å². The van der Waals surface area contributed by atoms with Crippen molar-refractivity contribution in [3.8, 4) is 11.6 Å². The molecule has 0 saturated carbocycles. The third-order valence-corrected chi connectivity index (χ3v) is 6.47.